The SMILES string of the molecule is COCCOCCNC(C)C(=O)NC(N)=O. The summed E-state index contributed by atoms with van der Waals surface area (Å²) in [5.41, 5.74) is 4.80. The lowest BCUT2D eigenvalue weighted by molar-refractivity contribution is -0.121. The largest absolute Gasteiger partial charge is 0.382 e. The lowest BCUT2D eigenvalue weighted by Gasteiger charge is -2.12. The molecule has 0 fully saturated rings. The summed E-state index contributed by atoms with van der Waals surface area (Å²) in [5.74, 6) is -0.454. The van der Waals surface area contributed by atoms with Crippen LogP contribution in [0.25, 0.3) is 0 Å². The van der Waals surface area contributed by atoms with E-state index in [2.05, 4.69) is 5.32 Å². The average molecular weight is 233 g/mol. The van der Waals surface area contributed by atoms with E-state index in [1.807, 2.05) is 5.32 Å². The predicted octanol–water partition coefficient (Wildman–Crippen LogP) is -1.18. The van der Waals surface area contributed by atoms with Gasteiger partial charge in [-0.3, -0.25) is 10.1 Å². The lowest BCUT2D eigenvalue weighted by Crippen LogP contribution is -2.47. The van der Waals surface area contributed by atoms with E-state index < -0.39 is 18.0 Å². The van der Waals surface area contributed by atoms with Crippen molar-refractivity contribution in [3.8, 4) is 0 Å². The van der Waals surface area contributed by atoms with Crippen molar-refractivity contribution in [1.82, 2.24) is 10.6 Å². The molecule has 0 saturated carbocycles. The first-order valence-electron chi connectivity index (χ1n) is 4.98. The molecule has 0 aromatic rings. The third-order valence-electron chi connectivity index (χ3n) is 1.77. The Morgan fingerprint density at radius 2 is 2.00 bits per heavy atom. The second-order valence-corrected chi connectivity index (χ2v) is 3.13. The Hall–Kier alpha value is -1.18. The van der Waals surface area contributed by atoms with Crippen LogP contribution in [0.15, 0.2) is 0 Å². The van der Waals surface area contributed by atoms with Gasteiger partial charge < -0.3 is 20.5 Å². The van der Waals surface area contributed by atoms with Crippen molar-refractivity contribution in [2.24, 2.45) is 5.73 Å². The summed E-state index contributed by atoms with van der Waals surface area (Å²) in [6.45, 7) is 3.67. The Kier molecular flexibility index (Phi) is 8.41. The van der Waals surface area contributed by atoms with Crippen LogP contribution >= 0.6 is 0 Å². The maximum atomic E-state index is 11.2. The van der Waals surface area contributed by atoms with Crippen molar-refractivity contribution in [3.63, 3.8) is 0 Å². The zero-order chi connectivity index (χ0) is 12.4. The number of nitrogens with two attached hydrogens (primary N) is 1. The first-order chi connectivity index (χ1) is 7.57. The average Bonchev–Trinajstić information content (AvgIpc) is 2.21. The summed E-state index contributed by atoms with van der Waals surface area (Å²) in [7, 11) is 1.60. The van der Waals surface area contributed by atoms with Gasteiger partial charge in [-0.05, 0) is 6.92 Å². The number of carbonyl (C=O) groups is 2. The molecule has 1 unspecified atom stereocenters. The topological polar surface area (TPSA) is 103 Å². The van der Waals surface area contributed by atoms with Crippen LogP contribution < -0.4 is 16.4 Å². The number of primary amides is 1. The maximum absolute atomic E-state index is 11.2. The van der Waals surface area contributed by atoms with Gasteiger partial charge in [-0.2, -0.15) is 0 Å². The molecule has 94 valence electrons. The fourth-order valence-electron chi connectivity index (χ4n) is 0.914. The van der Waals surface area contributed by atoms with Gasteiger partial charge in [0.25, 0.3) is 0 Å². The van der Waals surface area contributed by atoms with E-state index in [-0.39, 0.29) is 0 Å². The van der Waals surface area contributed by atoms with Crippen LogP contribution in [0.5, 0.6) is 0 Å². The molecule has 0 heterocycles. The minimum Gasteiger partial charge on any atom is -0.382 e. The first kappa shape index (κ1) is 14.8. The number of hydrogen-bond acceptors (Lipinski definition) is 5. The van der Waals surface area contributed by atoms with Gasteiger partial charge >= 0.3 is 6.03 Å². The molecule has 7 heteroatoms. The van der Waals surface area contributed by atoms with E-state index in [0.717, 1.165) is 0 Å². The highest BCUT2D eigenvalue weighted by atomic mass is 16.5. The van der Waals surface area contributed by atoms with Crippen molar-refractivity contribution in [3.05, 3.63) is 0 Å². The summed E-state index contributed by atoms with van der Waals surface area (Å²) in [6, 6.07) is -1.34. The van der Waals surface area contributed by atoms with Crippen molar-refractivity contribution in [2.45, 2.75) is 13.0 Å². The molecule has 0 spiro atoms. The summed E-state index contributed by atoms with van der Waals surface area (Å²) in [6.07, 6.45) is 0. The van der Waals surface area contributed by atoms with Gasteiger partial charge in [0.1, 0.15) is 0 Å². The van der Waals surface area contributed by atoms with Gasteiger partial charge in [-0.1, -0.05) is 0 Å². The highest BCUT2D eigenvalue weighted by Gasteiger charge is 2.12. The zero-order valence-corrected chi connectivity index (χ0v) is 9.62. The maximum Gasteiger partial charge on any atom is 0.318 e. The van der Waals surface area contributed by atoms with E-state index >= 15 is 0 Å². The van der Waals surface area contributed by atoms with E-state index in [1.54, 1.807) is 14.0 Å². The van der Waals surface area contributed by atoms with Crippen molar-refractivity contribution in [1.29, 1.82) is 0 Å². The van der Waals surface area contributed by atoms with Gasteiger partial charge in [0.05, 0.1) is 25.9 Å². The van der Waals surface area contributed by atoms with Gasteiger partial charge in [-0.15, -0.1) is 0 Å². The highest BCUT2D eigenvalue weighted by molar-refractivity contribution is 5.96. The molecule has 16 heavy (non-hydrogen) atoms. The Balaban J connectivity index is 3.46. The molecule has 3 amide bonds. The molecule has 4 N–H and O–H groups in total. The number of methoxy groups -OCH3 is 1. The molecule has 0 rings (SSSR count). The summed E-state index contributed by atoms with van der Waals surface area (Å²) < 4.78 is 9.97. The number of ether oxygens (including phenoxy) is 2. The quantitative estimate of drug-likeness (QED) is 0.458. The van der Waals surface area contributed by atoms with E-state index in [0.29, 0.717) is 26.4 Å². The smallest absolute Gasteiger partial charge is 0.318 e. The van der Waals surface area contributed by atoms with E-state index in [4.69, 9.17) is 15.2 Å². The molecule has 0 aromatic carbocycles. The fourth-order valence-corrected chi connectivity index (χ4v) is 0.914. The fraction of sp³-hybridized carbons (Fsp3) is 0.778. The molecule has 7 nitrogen and oxygen atoms in total. The number of amides is 3. The molecule has 0 aliphatic carbocycles. The van der Waals surface area contributed by atoms with Crippen LogP contribution in [0.2, 0.25) is 0 Å². The number of rotatable bonds is 8. The third kappa shape index (κ3) is 8.16. The predicted molar refractivity (Wildman–Crippen MR) is 57.9 cm³/mol. The van der Waals surface area contributed by atoms with Crippen LogP contribution in [0, 0.1) is 0 Å². The molecule has 0 radical (unpaired) electrons. The molecule has 0 aromatic heterocycles. The van der Waals surface area contributed by atoms with Crippen molar-refractivity contribution < 1.29 is 19.1 Å². The van der Waals surface area contributed by atoms with Gasteiger partial charge in [-0.25, -0.2) is 4.79 Å². The second-order valence-electron chi connectivity index (χ2n) is 3.13. The van der Waals surface area contributed by atoms with Gasteiger partial charge in [0.2, 0.25) is 5.91 Å². The summed E-state index contributed by atoms with van der Waals surface area (Å²) in [5, 5.41) is 4.86. The van der Waals surface area contributed by atoms with Gasteiger partial charge in [0.15, 0.2) is 0 Å². The van der Waals surface area contributed by atoms with E-state index in [9.17, 15) is 9.59 Å². The minimum atomic E-state index is -0.852. The number of nitrogens with one attached hydrogen (secondary N) is 2. The Labute approximate surface area is 94.6 Å². The van der Waals surface area contributed by atoms with Crippen LogP contribution in [0.4, 0.5) is 4.79 Å². The monoisotopic (exact) mass is 233 g/mol. The van der Waals surface area contributed by atoms with Crippen LogP contribution in [-0.2, 0) is 14.3 Å². The first-order valence-corrected chi connectivity index (χ1v) is 4.98. The Morgan fingerprint density at radius 1 is 1.31 bits per heavy atom. The summed E-state index contributed by atoms with van der Waals surface area (Å²) in [4.78, 5) is 21.6. The zero-order valence-electron chi connectivity index (χ0n) is 9.62. The molecular weight excluding hydrogens is 214 g/mol. The second kappa shape index (κ2) is 9.08. The van der Waals surface area contributed by atoms with Gasteiger partial charge in [0, 0.05) is 13.7 Å². The van der Waals surface area contributed by atoms with Crippen LogP contribution in [0.3, 0.4) is 0 Å². The Morgan fingerprint density at radius 3 is 2.56 bits per heavy atom. The number of imide groups is 1. The number of urea groups is 1. The standard InChI is InChI=1S/C9H19N3O4/c1-7(8(13)12-9(10)14)11-3-4-16-6-5-15-2/h7,11H,3-6H2,1-2H3,(H3,10,12,13,14). The molecular formula is C9H19N3O4. The number of carbonyl (C=O) groups excluding carboxylic acids is 2. The molecule has 0 aliphatic heterocycles. The van der Waals surface area contributed by atoms with Crippen molar-refractivity contribution in [2.75, 3.05) is 33.5 Å². The highest BCUT2D eigenvalue weighted by Crippen LogP contribution is 1.82. The number of hydrogen-bond donors (Lipinski definition) is 3. The third-order valence-corrected chi connectivity index (χ3v) is 1.77. The summed E-state index contributed by atoms with van der Waals surface area (Å²) >= 11 is 0. The van der Waals surface area contributed by atoms with Crippen molar-refractivity contribution >= 4 is 11.9 Å². The normalized spacial score (nSPS) is 12.1. The molecule has 0 saturated heterocycles. The minimum absolute atomic E-state index is 0.454. The lowest BCUT2D eigenvalue weighted by atomic mass is 10.3. The molecule has 1 atom stereocenters. The van der Waals surface area contributed by atoms with Crippen LogP contribution in [0.1, 0.15) is 6.92 Å². The molecule has 0 bridgehead atoms. The molecule has 0 aliphatic rings. The van der Waals surface area contributed by atoms with Crippen LogP contribution in [-0.4, -0.2) is 51.5 Å². The van der Waals surface area contributed by atoms with E-state index in [1.165, 1.54) is 0 Å². The Bertz CT molecular complexity index is 223.